The van der Waals surface area contributed by atoms with Crippen LogP contribution in [-0.4, -0.2) is 79.7 Å². The number of nitrogens with zero attached hydrogens (tertiary/aromatic N) is 2. The largest absolute Gasteiger partial charge is 0.480 e. The normalized spacial score (nSPS) is 24.9. The Hall–Kier alpha value is -0.740. The van der Waals surface area contributed by atoms with Crippen molar-refractivity contribution in [3.05, 3.63) is 0 Å². The van der Waals surface area contributed by atoms with Gasteiger partial charge in [-0.25, -0.2) is 4.79 Å². The molecule has 0 aromatic rings. The van der Waals surface area contributed by atoms with E-state index in [2.05, 4.69) is 0 Å². The first kappa shape index (κ1) is 14.7. The molecule has 0 bridgehead atoms. The van der Waals surface area contributed by atoms with Gasteiger partial charge in [0.2, 0.25) is 0 Å². The molecule has 2 heterocycles. The summed E-state index contributed by atoms with van der Waals surface area (Å²) >= 11 is 0. The zero-order valence-electron chi connectivity index (χ0n) is 10.7. The second kappa shape index (κ2) is 5.33. The smallest absolute Gasteiger partial charge is 0.329 e. The Kier molecular flexibility index (Phi) is 4.11. The molecule has 0 spiro atoms. The molecule has 110 valence electrons. The van der Waals surface area contributed by atoms with Gasteiger partial charge in [-0.05, 0) is 6.92 Å². The zero-order chi connectivity index (χ0) is 14.1. The lowest BCUT2D eigenvalue weighted by Crippen LogP contribution is -2.66. The molecule has 2 saturated heterocycles. The molecule has 0 unspecified atom stereocenters. The Morgan fingerprint density at radius 1 is 1.32 bits per heavy atom. The molecule has 8 nitrogen and oxygen atoms in total. The second-order valence-electron chi connectivity index (χ2n) is 4.92. The number of aliphatic carboxylic acids is 1. The highest BCUT2D eigenvalue weighted by Crippen LogP contribution is 2.29. The molecule has 0 amide bonds. The van der Waals surface area contributed by atoms with Crippen molar-refractivity contribution >= 4 is 16.2 Å². The molecule has 9 heteroatoms. The van der Waals surface area contributed by atoms with Gasteiger partial charge in [-0.3, -0.25) is 0 Å². The van der Waals surface area contributed by atoms with E-state index in [0.29, 0.717) is 26.3 Å². The summed E-state index contributed by atoms with van der Waals surface area (Å²) in [5, 5.41) is 8.55. The maximum atomic E-state index is 12.2. The number of carbonyl (C=O) groups is 1. The summed E-state index contributed by atoms with van der Waals surface area (Å²) in [5.41, 5.74) is -0.711. The van der Waals surface area contributed by atoms with Crippen LogP contribution in [0.1, 0.15) is 6.92 Å². The summed E-state index contributed by atoms with van der Waals surface area (Å²) in [5.74, 6) is -1.06. The number of morpholine rings is 1. The molecule has 2 rings (SSSR count). The van der Waals surface area contributed by atoms with Crippen LogP contribution in [0, 0.1) is 0 Å². The van der Waals surface area contributed by atoms with Crippen LogP contribution in [0.15, 0.2) is 0 Å². The molecular weight excluding hydrogens is 276 g/mol. The van der Waals surface area contributed by atoms with Gasteiger partial charge in [-0.1, -0.05) is 0 Å². The lowest BCUT2D eigenvalue weighted by Gasteiger charge is -2.47. The number of hydrogen-bond donors (Lipinski definition) is 1. The van der Waals surface area contributed by atoms with Crippen LogP contribution in [0.3, 0.4) is 0 Å². The molecule has 0 radical (unpaired) electrons. The minimum atomic E-state index is -3.48. The van der Waals surface area contributed by atoms with Gasteiger partial charge >= 0.3 is 5.97 Å². The van der Waals surface area contributed by atoms with Gasteiger partial charge < -0.3 is 14.6 Å². The monoisotopic (exact) mass is 294 g/mol. The van der Waals surface area contributed by atoms with E-state index in [0.717, 1.165) is 0 Å². The van der Waals surface area contributed by atoms with Gasteiger partial charge in [0.05, 0.1) is 18.8 Å². The van der Waals surface area contributed by atoms with Crippen LogP contribution < -0.4 is 0 Å². The SMILES string of the molecule is CC1(OCC(=O)O)CN(S(=O)(=O)N2CCOCC2)C1. The van der Waals surface area contributed by atoms with Crippen molar-refractivity contribution < 1.29 is 27.8 Å². The highest BCUT2D eigenvalue weighted by atomic mass is 32.2. The fraction of sp³-hybridized carbons (Fsp3) is 0.900. The van der Waals surface area contributed by atoms with E-state index in [1.807, 2.05) is 0 Å². The molecule has 0 aliphatic carbocycles. The van der Waals surface area contributed by atoms with Crippen molar-refractivity contribution in [2.24, 2.45) is 0 Å². The van der Waals surface area contributed by atoms with Gasteiger partial charge in [0, 0.05) is 26.2 Å². The maximum absolute atomic E-state index is 12.2. The first-order valence-electron chi connectivity index (χ1n) is 6.02. The Morgan fingerprint density at radius 2 is 1.89 bits per heavy atom. The summed E-state index contributed by atoms with van der Waals surface area (Å²) in [6, 6.07) is 0. The van der Waals surface area contributed by atoms with E-state index in [4.69, 9.17) is 14.6 Å². The minimum absolute atomic E-state index is 0.181. The molecule has 0 saturated carbocycles. The predicted octanol–water partition coefficient (Wildman–Crippen LogP) is -1.26. The highest BCUT2D eigenvalue weighted by Gasteiger charge is 2.48. The van der Waals surface area contributed by atoms with Crippen LogP contribution in [0.4, 0.5) is 0 Å². The Labute approximate surface area is 112 Å². The van der Waals surface area contributed by atoms with E-state index < -0.39 is 28.4 Å². The Morgan fingerprint density at radius 3 is 2.42 bits per heavy atom. The van der Waals surface area contributed by atoms with Crippen LogP contribution in [0.5, 0.6) is 0 Å². The third-order valence-electron chi connectivity index (χ3n) is 3.19. The van der Waals surface area contributed by atoms with E-state index in [-0.39, 0.29) is 13.1 Å². The molecular formula is C10H18N2O6S. The van der Waals surface area contributed by atoms with E-state index >= 15 is 0 Å². The first-order valence-corrected chi connectivity index (χ1v) is 7.42. The molecule has 0 aromatic carbocycles. The summed E-state index contributed by atoms with van der Waals surface area (Å²) in [4.78, 5) is 10.4. The van der Waals surface area contributed by atoms with E-state index in [1.54, 1.807) is 6.92 Å². The van der Waals surface area contributed by atoms with Crippen LogP contribution in [0.2, 0.25) is 0 Å². The Balaban J connectivity index is 1.89. The molecule has 2 aliphatic heterocycles. The molecule has 2 aliphatic rings. The zero-order valence-corrected chi connectivity index (χ0v) is 11.6. The van der Waals surface area contributed by atoms with Crippen molar-refractivity contribution in [3.8, 4) is 0 Å². The highest BCUT2D eigenvalue weighted by molar-refractivity contribution is 7.86. The molecule has 0 aromatic heterocycles. The topological polar surface area (TPSA) is 96.4 Å². The van der Waals surface area contributed by atoms with Crippen LogP contribution in [0.25, 0.3) is 0 Å². The maximum Gasteiger partial charge on any atom is 0.329 e. The van der Waals surface area contributed by atoms with Gasteiger partial charge in [-0.2, -0.15) is 17.0 Å². The fourth-order valence-electron chi connectivity index (χ4n) is 2.13. The average Bonchev–Trinajstić information content (AvgIpc) is 2.34. The Bertz CT molecular complexity index is 439. The van der Waals surface area contributed by atoms with Gasteiger partial charge in [0.15, 0.2) is 0 Å². The van der Waals surface area contributed by atoms with Crippen molar-refractivity contribution in [1.29, 1.82) is 0 Å². The fourth-order valence-corrected chi connectivity index (χ4v) is 3.94. The summed E-state index contributed by atoms with van der Waals surface area (Å²) in [7, 11) is -3.48. The van der Waals surface area contributed by atoms with Gasteiger partial charge in [0.1, 0.15) is 6.61 Å². The first-order chi connectivity index (χ1) is 8.83. The van der Waals surface area contributed by atoms with Crippen molar-refractivity contribution in [2.45, 2.75) is 12.5 Å². The number of carboxylic acids is 1. The molecule has 1 N–H and O–H groups in total. The van der Waals surface area contributed by atoms with Crippen LogP contribution in [-0.2, 0) is 24.5 Å². The number of rotatable bonds is 5. The van der Waals surface area contributed by atoms with E-state index in [9.17, 15) is 13.2 Å². The lowest BCUT2D eigenvalue weighted by atomic mass is 10.0. The lowest BCUT2D eigenvalue weighted by molar-refractivity contribution is -0.157. The molecule has 0 atom stereocenters. The second-order valence-corrected chi connectivity index (χ2v) is 6.85. The van der Waals surface area contributed by atoms with Gasteiger partial charge in [-0.15, -0.1) is 0 Å². The van der Waals surface area contributed by atoms with E-state index in [1.165, 1.54) is 8.61 Å². The molecule has 19 heavy (non-hydrogen) atoms. The third-order valence-corrected chi connectivity index (χ3v) is 5.12. The minimum Gasteiger partial charge on any atom is -0.480 e. The standard InChI is InChI=1S/C10H18N2O6S/c1-10(18-6-9(13)14)7-12(8-10)19(15,16)11-2-4-17-5-3-11/h2-8H2,1H3,(H,13,14). The number of ether oxygens (including phenoxy) is 2. The quantitative estimate of drug-likeness (QED) is 0.680. The van der Waals surface area contributed by atoms with Crippen molar-refractivity contribution in [2.75, 3.05) is 46.0 Å². The number of carboxylic acid groups (broad SMARTS) is 1. The average molecular weight is 294 g/mol. The van der Waals surface area contributed by atoms with Gasteiger partial charge in [0.25, 0.3) is 10.2 Å². The molecule has 2 fully saturated rings. The van der Waals surface area contributed by atoms with Crippen LogP contribution >= 0.6 is 0 Å². The van der Waals surface area contributed by atoms with Crippen molar-refractivity contribution in [3.63, 3.8) is 0 Å². The number of hydrogen-bond acceptors (Lipinski definition) is 5. The third kappa shape index (κ3) is 3.23. The summed E-state index contributed by atoms with van der Waals surface area (Å²) < 4.78 is 37.4. The van der Waals surface area contributed by atoms with Crippen molar-refractivity contribution in [1.82, 2.24) is 8.61 Å². The predicted molar refractivity (Wildman–Crippen MR) is 64.9 cm³/mol. The summed E-state index contributed by atoms with van der Waals surface area (Å²) in [6.45, 7) is 3.17. The summed E-state index contributed by atoms with van der Waals surface area (Å²) in [6.07, 6.45) is 0.